The largest absolute Gasteiger partial charge is 0.368 e. The second kappa shape index (κ2) is 7.41. The van der Waals surface area contributed by atoms with Crippen molar-refractivity contribution in [3.63, 3.8) is 0 Å². The molecule has 0 saturated carbocycles. The lowest BCUT2D eigenvalue weighted by Crippen LogP contribution is -2.46. The molecule has 1 fully saturated rings. The highest BCUT2D eigenvalue weighted by Crippen LogP contribution is 2.26. The molecule has 1 aromatic carbocycles. The Morgan fingerprint density at radius 2 is 2.25 bits per heavy atom. The van der Waals surface area contributed by atoms with Gasteiger partial charge < -0.3 is 4.74 Å². The number of ether oxygens (including phenoxy) is 1. The van der Waals surface area contributed by atoms with Crippen LogP contribution in [-0.4, -0.2) is 43.0 Å². The summed E-state index contributed by atoms with van der Waals surface area (Å²) in [5.74, 6) is 0.0648. The van der Waals surface area contributed by atoms with Crippen molar-refractivity contribution in [2.45, 2.75) is 25.9 Å². The Morgan fingerprint density at radius 1 is 1.45 bits per heavy atom. The van der Waals surface area contributed by atoms with Crippen molar-refractivity contribution < 1.29 is 9.53 Å². The van der Waals surface area contributed by atoms with Gasteiger partial charge in [0.1, 0.15) is 6.10 Å². The normalized spacial score (nSPS) is 20.1. The Hall–Kier alpha value is -0.610. The summed E-state index contributed by atoms with van der Waals surface area (Å²) in [6, 6.07) is 5.36. The maximum Gasteiger partial charge on any atom is 0.167 e. The second-order valence-electron chi connectivity index (χ2n) is 5.02. The molecule has 3 nitrogen and oxygen atoms in total. The summed E-state index contributed by atoms with van der Waals surface area (Å²) in [6.07, 6.45) is 0.996. The van der Waals surface area contributed by atoms with Crippen LogP contribution in [0.1, 0.15) is 18.9 Å². The summed E-state index contributed by atoms with van der Waals surface area (Å²) in [6.45, 7) is 5.32. The van der Waals surface area contributed by atoms with Gasteiger partial charge in [-0.3, -0.25) is 9.69 Å². The fourth-order valence-electron chi connectivity index (χ4n) is 2.40. The number of benzene rings is 1. The van der Waals surface area contributed by atoms with E-state index in [0.717, 1.165) is 25.1 Å². The zero-order valence-electron chi connectivity index (χ0n) is 11.6. The van der Waals surface area contributed by atoms with Gasteiger partial charge in [0.05, 0.1) is 16.7 Å². The van der Waals surface area contributed by atoms with E-state index in [1.165, 1.54) is 0 Å². The highest BCUT2D eigenvalue weighted by Gasteiger charge is 2.26. The lowest BCUT2D eigenvalue weighted by atomic mass is 10.0. The number of morpholine rings is 1. The van der Waals surface area contributed by atoms with Crippen LogP contribution in [0.4, 0.5) is 0 Å². The minimum absolute atomic E-state index is 0.0648. The molecule has 0 spiro atoms. The third kappa shape index (κ3) is 3.95. The predicted molar refractivity (Wildman–Crippen MR) is 81.6 cm³/mol. The fourth-order valence-corrected chi connectivity index (χ4v) is 2.79. The number of ketones is 1. The van der Waals surface area contributed by atoms with Crippen LogP contribution in [0.2, 0.25) is 10.0 Å². The maximum absolute atomic E-state index is 12.3. The molecular weight excluding hydrogens is 297 g/mol. The summed E-state index contributed by atoms with van der Waals surface area (Å²) in [7, 11) is 0. The van der Waals surface area contributed by atoms with Gasteiger partial charge in [0.15, 0.2) is 5.78 Å². The topological polar surface area (TPSA) is 29.5 Å². The monoisotopic (exact) mass is 315 g/mol. The van der Waals surface area contributed by atoms with Crippen molar-refractivity contribution in [3.8, 4) is 0 Å². The number of halogens is 2. The highest BCUT2D eigenvalue weighted by molar-refractivity contribution is 6.42. The average molecular weight is 316 g/mol. The molecule has 0 N–H and O–H groups in total. The van der Waals surface area contributed by atoms with Gasteiger partial charge in [-0.1, -0.05) is 42.3 Å². The molecule has 1 saturated heterocycles. The molecule has 1 heterocycles. The number of hydrogen-bond donors (Lipinski definition) is 0. The SMILES string of the molecule is CCCN1CCOC(C(=O)Cc2cccc(Cl)c2Cl)C1. The van der Waals surface area contributed by atoms with Crippen LogP contribution in [0.5, 0.6) is 0 Å². The van der Waals surface area contributed by atoms with Gasteiger partial charge in [-0.25, -0.2) is 0 Å². The molecule has 5 heteroatoms. The quantitative estimate of drug-likeness (QED) is 0.835. The molecular formula is C15H19Cl2NO2. The van der Waals surface area contributed by atoms with Crippen molar-refractivity contribution in [3.05, 3.63) is 33.8 Å². The van der Waals surface area contributed by atoms with E-state index < -0.39 is 0 Å². The van der Waals surface area contributed by atoms with Crippen molar-refractivity contribution in [2.24, 2.45) is 0 Å². The van der Waals surface area contributed by atoms with E-state index in [1.807, 2.05) is 12.1 Å². The first-order chi connectivity index (χ1) is 9.61. The third-order valence-corrected chi connectivity index (χ3v) is 4.30. The summed E-state index contributed by atoms with van der Waals surface area (Å²) in [5.41, 5.74) is 0.764. The van der Waals surface area contributed by atoms with Crippen molar-refractivity contribution in [1.82, 2.24) is 4.90 Å². The first kappa shape index (κ1) is 15.8. The molecule has 110 valence electrons. The standard InChI is InChI=1S/C15H19Cl2NO2/c1-2-6-18-7-8-20-14(10-18)13(19)9-11-4-3-5-12(16)15(11)17/h3-5,14H,2,6-10H2,1H3. The molecule has 1 unspecified atom stereocenters. The van der Waals surface area contributed by atoms with Crippen molar-refractivity contribution in [2.75, 3.05) is 26.2 Å². The Kier molecular flexibility index (Phi) is 5.85. The third-order valence-electron chi connectivity index (χ3n) is 3.45. The predicted octanol–water partition coefficient (Wildman–Crippen LogP) is 3.22. The first-order valence-electron chi connectivity index (χ1n) is 6.91. The van der Waals surface area contributed by atoms with E-state index in [1.54, 1.807) is 6.07 Å². The van der Waals surface area contributed by atoms with Crippen LogP contribution >= 0.6 is 23.2 Å². The van der Waals surface area contributed by atoms with E-state index in [4.69, 9.17) is 27.9 Å². The van der Waals surface area contributed by atoms with E-state index in [2.05, 4.69) is 11.8 Å². The summed E-state index contributed by atoms with van der Waals surface area (Å²) >= 11 is 12.1. The minimum Gasteiger partial charge on any atom is -0.368 e. The first-order valence-corrected chi connectivity index (χ1v) is 7.67. The number of Topliss-reactive ketones (excluding diaryl/α,β-unsaturated/α-hetero) is 1. The summed E-state index contributed by atoms with van der Waals surface area (Å²) in [5, 5.41) is 0.942. The smallest absolute Gasteiger partial charge is 0.167 e. The fraction of sp³-hybridized carbons (Fsp3) is 0.533. The Morgan fingerprint density at radius 3 is 3.00 bits per heavy atom. The van der Waals surface area contributed by atoms with Gasteiger partial charge in [-0.05, 0) is 24.6 Å². The molecule has 20 heavy (non-hydrogen) atoms. The van der Waals surface area contributed by atoms with Crippen LogP contribution in [0.3, 0.4) is 0 Å². The Bertz CT molecular complexity index is 477. The van der Waals surface area contributed by atoms with Crippen LogP contribution in [0, 0.1) is 0 Å². The van der Waals surface area contributed by atoms with Crippen molar-refractivity contribution in [1.29, 1.82) is 0 Å². The Labute approximate surface area is 129 Å². The van der Waals surface area contributed by atoms with E-state index in [0.29, 0.717) is 23.2 Å². The van der Waals surface area contributed by atoms with Gasteiger partial charge in [-0.15, -0.1) is 0 Å². The van der Waals surface area contributed by atoms with Gasteiger partial charge >= 0.3 is 0 Å². The van der Waals surface area contributed by atoms with Gasteiger partial charge in [0, 0.05) is 19.5 Å². The Balaban J connectivity index is 1.99. The van der Waals surface area contributed by atoms with Crippen molar-refractivity contribution >= 4 is 29.0 Å². The number of rotatable bonds is 5. The van der Waals surface area contributed by atoms with Crippen LogP contribution in [0.25, 0.3) is 0 Å². The molecule has 0 radical (unpaired) electrons. The van der Waals surface area contributed by atoms with Gasteiger partial charge in [0.2, 0.25) is 0 Å². The highest BCUT2D eigenvalue weighted by atomic mass is 35.5. The minimum atomic E-state index is -0.356. The van der Waals surface area contributed by atoms with Gasteiger partial charge in [-0.2, -0.15) is 0 Å². The molecule has 1 aromatic rings. The molecule has 0 bridgehead atoms. The zero-order chi connectivity index (χ0) is 14.5. The molecule has 0 aliphatic carbocycles. The average Bonchev–Trinajstić information content (AvgIpc) is 2.44. The van der Waals surface area contributed by atoms with Crippen LogP contribution in [0.15, 0.2) is 18.2 Å². The lowest BCUT2D eigenvalue weighted by molar-refractivity contribution is -0.135. The van der Waals surface area contributed by atoms with E-state index >= 15 is 0 Å². The molecule has 1 aliphatic rings. The number of nitrogens with zero attached hydrogens (tertiary/aromatic N) is 1. The zero-order valence-corrected chi connectivity index (χ0v) is 13.1. The molecule has 2 rings (SSSR count). The summed E-state index contributed by atoms with van der Waals surface area (Å²) in [4.78, 5) is 14.6. The molecule has 1 atom stereocenters. The summed E-state index contributed by atoms with van der Waals surface area (Å²) < 4.78 is 5.59. The molecule has 0 amide bonds. The lowest BCUT2D eigenvalue weighted by Gasteiger charge is -2.31. The van der Waals surface area contributed by atoms with E-state index in [-0.39, 0.29) is 18.3 Å². The second-order valence-corrected chi connectivity index (χ2v) is 5.80. The number of carbonyl (C=O) groups is 1. The number of hydrogen-bond acceptors (Lipinski definition) is 3. The van der Waals surface area contributed by atoms with Gasteiger partial charge in [0.25, 0.3) is 0 Å². The number of carbonyl (C=O) groups excluding carboxylic acids is 1. The van der Waals surface area contributed by atoms with E-state index in [9.17, 15) is 4.79 Å². The molecule has 0 aromatic heterocycles. The maximum atomic E-state index is 12.3. The van der Waals surface area contributed by atoms with Crippen LogP contribution < -0.4 is 0 Å². The molecule has 1 aliphatic heterocycles. The van der Waals surface area contributed by atoms with Crippen LogP contribution in [-0.2, 0) is 16.0 Å².